The fourth-order valence-electron chi connectivity index (χ4n) is 4.88. The van der Waals surface area contributed by atoms with Crippen LogP contribution in [0.25, 0.3) is 0 Å². The van der Waals surface area contributed by atoms with Gasteiger partial charge in [0.2, 0.25) is 0 Å². The Balaban J connectivity index is 1.52. The Kier molecular flexibility index (Phi) is 6.59. The highest BCUT2D eigenvalue weighted by atomic mass is 16.3. The molecule has 0 bridgehead atoms. The van der Waals surface area contributed by atoms with Crippen LogP contribution in [0, 0.1) is 6.92 Å². The molecule has 178 valence electrons. The van der Waals surface area contributed by atoms with Crippen LogP contribution >= 0.6 is 0 Å². The molecule has 1 atom stereocenters. The fourth-order valence-corrected chi connectivity index (χ4v) is 4.88. The lowest BCUT2D eigenvalue weighted by Crippen LogP contribution is -2.49. The van der Waals surface area contributed by atoms with Gasteiger partial charge in [-0.25, -0.2) is 0 Å². The van der Waals surface area contributed by atoms with Crippen molar-refractivity contribution in [1.29, 1.82) is 0 Å². The van der Waals surface area contributed by atoms with E-state index in [1.165, 1.54) is 5.69 Å². The third-order valence-corrected chi connectivity index (χ3v) is 6.68. The highest BCUT2D eigenvalue weighted by Crippen LogP contribution is 2.33. The van der Waals surface area contributed by atoms with E-state index in [2.05, 4.69) is 44.0 Å². The number of nitrogens with zero attached hydrogens (tertiary/aromatic N) is 5. The van der Waals surface area contributed by atoms with Gasteiger partial charge in [0.1, 0.15) is 5.75 Å². The number of anilines is 1. The molecular formula is C28H29N5O2. The van der Waals surface area contributed by atoms with Gasteiger partial charge in [-0.05, 0) is 54.4 Å². The minimum absolute atomic E-state index is 0.0298. The molecule has 0 spiro atoms. The van der Waals surface area contributed by atoms with E-state index < -0.39 is 0 Å². The quantitative estimate of drug-likeness (QED) is 0.467. The highest BCUT2D eigenvalue weighted by molar-refractivity contribution is 5.47. The first kappa shape index (κ1) is 22.8. The van der Waals surface area contributed by atoms with Crippen LogP contribution in [-0.2, 0) is 6.54 Å². The summed E-state index contributed by atoms with van der Waals surface area (Å²) in [5.41, 5.74) is 4.01. The molecule has 1 aliphatic rings. The summed E-state index contributed by atoms with van der Waals surface area (Å²) < 4.78 is 1.72. The van der Waals surface area contributed by atoms with E-state index in [0.717, 1.165) is 37.3 Å². The maximum atomic E-state index is 13.9. The van der Waals surface area contributed by atoms with Crippen LogP contribution in [0.1, 0.15) is 28.4 Å². The van der Waals surface area contributed by atoms with Gasteiger partial charge in [0.25, 0.3) is 5.56 Å². The van der Waals surface area contributed by atoms with Crippen LogP contribution in [0.4, 0.5) is 5.69 Å². The van der Waals surface area contributed by atoms with Crippen molar-refractivity contribution < 1.29 is 5.11 Å². The standard InChI is InChI=1S/C28H29N5O2/c1-21-18-25(34)26(28(35)33(21)20-22-6-5-11-30-19-22)27(23-9-12-29-13-10-23)32-16-14-31(15-17-32)24-7-3-2-4-8-24/h2-13,18-19,27,34H,14-17,20H2,1H3. The lowest BCUT2D eigenvalue weighted by Gasteiger charge is -2.40. The highest BCUT2D eigenvalue weighted by Gasteiger charge is 2.31. The number of pyridine rings is 3. The molecular weight excluding hydrogens is 438 g/mol. The Morgan fingerprint density at radius 3 is 2.34 bits per heavy atom. The van der Waals surface area contributed by atoms with Gasteiger partial charge in [-0.3, -0.25) is 19.7 Å². The van der Waals surface area contributed by atoms with Crippen molar-refractivity contribution in [3.05, 3.63) is 118 Å². The predicted octanol–water partition coefficient (Wildman–Crippen LogP) is 3.61. The average molecular weight is 468 g/mol. The molecule has 3 aromatic heterocycles. The van der Waals surface area contributed by atoms with Gasteiger partial charge in [-0.1, -0.05) is 24.3 Å². The smallest absolute Gasteiger partial charge is 0.259 e. The first-order valence-electron chi connectivity index (χ1n) is 11.9. The summed E-state index contributed by atoms with van der Waals surface area (Å²) in [5, 5.41) is 11.1. The normalized spacial score (nSPS) is 15.2. The summed E-state index contributed by atoms with van der Waals surface area (Å²) in [6, 6.07) is 19.4. The van der Waals surface area contributed by atoms with Crippen LogP contribution in [0.3, 0.4) is 0 Å². The van der Waals surface area contributed by atoms with Crippen molar-refractivity contribution in [2.75, 3.05) is 31.1 Å². The zero-order valence-corrected chi connectivity index (χ0v) is 19.8. The maximum absolute atomic E-state index is 13.9. The molecule has 35 heavy (non-hydrogen) atoms. The number of aromatic nitrogens is 3. The first-order chi connectivity index (χ1) is 17.1. The Bertz CT molecular complexity index is 1320. The minimum atomic E-state index is -0.371. The Labute approximate surface area is 204 Å². The number of aryl methyl sites for hydroxylation is 1. The summed E-state index contributed by atoms with van der Waals surface area (Å²) in [5.74, 6) is 0.0298. The number of rotatable bonds is 6. The molecule has 0 amide bonds. The van der Waals surface area contributed by atoms with E-state index in [1.807, 2.05) is 37.3 Å². The second-order valence-electron chi connectivity index (χ2n) is 8.88. The number of aromatic hydroxyl groups is 1. The largest absolute Gasteiger partial charge is 0.507 e. The van der Waals surface area contributed by atoms with E-state index >= 15 is 0 Å². The lowest BCUT2D eigenvalue weighted by molar-refractivity contribution is 0.207. The monoisotopic (exact) mass is 467 g/mol. The Morgan fingerprint density at radius 2 is 1.66 bits per heavy atom. The van der Waals surface area contributed by atoms with Crippen LogP contribution in [0.5, 0.6) is 5.75 Å². The van der Waals surface area contributed by atoms with Crippen LogP contribution in [-0.4, -0.2) is 50.7 Å². The van der Waals surface area contributed by atoms with Gasteiger partial charge in [0.05, 0.1) is 18.2 Å². The Morgan fingerprint density at radius 1 is 0.914 bits per heavy atom. The van der Waals surface area contributed by atoms with Gasteiger partial charge >= 0.3 is 0 Å². The van der Waals surface area contributed by atoms with E-state index in [4.69, 9.17) is 0 Å². The minimum Gasteiger partial charge on any atom is -0.507 e. The van der Waals surface area contributed by atoms with E-state index in [-0.39, 0.29) is 17.4 Å². The lowest BCUT2D eigenvalue weighted by atomic mass is 9.96. The molecule has 1 N–H and O–H groups in total. The van der Waals surface area contributed by atoms with E-state index in [9.17, 15) is 9.90 Å². The molecule has 0 radical (unpaired) electrons. The molecule has 1 fully saturated rings. The number of piperazine rings is 1. The maximum Gasteiger partial charge on any atom is 0.259 e. The van der Waals surface area contributed by atoms with Crippen LogP contribution in [0.2, 0.25) is 0 Å². The molecule has 7 nitrogen and oxygen atoms in total. The molecule has 5 rings (SSSR count). The summed E-state index contributed by atoms with van der Waals surface area (Å²) in [6.07, 6.45) is 6.96. The second-order valence-corrected chi connectivity index (χ2v) is 8.88. The third-order valence-electron chi connectivity index (χ3n) is 6.68. The number of hydrogen-bond acceptors (Lipinski definition) is 6. The number of hydrogen-bond donors (Lipinski definition) is 1. The van der Waals surface area contributed by atoms with E-state index in [1.54, 1.807) is 35.4 Å². The Hall–Kier alpha value is -3.97. The molecule has 1 aromatic carbocycles. The molecule has 0 saturated carbocycles. The van der Waals surface area contributed by atoms with E-state index in [0.29, 0.717) is 17.8 Å². The molecule has 4 heterocycles. The fraction of sp³-hybridized carbons (Fsp3) is 0.250. The topological polar surface area (TPSA) is 74.5 Å². The summed E-state index contributed by atoms with van der Waals surface area (Å²) in [7, 11) is 0. The number of para-hydroxylation sites is 1. The zero-order valence-electron chi connectivity index (χ0n) is 19.8. The van der Waals surface area contributed by atoms with Crippen molar-refractivity contribution in [1.82, 2.24) is 19.4 Å². The van der Waals surface area contributed by atoms with Crippen LogP contribution in [0.15, 0.2) is 90.2 Å². The summed E-state index contributed by atoms with van der Waals surface area (Å²) in [4.78, 5) is 26.9. The van der Waals surface area contributed by atoms with Gasteiger partial charge in [0.15, 0.2) is 0 Å². The zero-order chi connectivity index (χ0) is 24.2. The average Bonchev–Trinajstić information content (AvgIpc) is 2.91. The summed E-state index contributed by atoms with van der Waals surface area (Å²) >= 11 is 0. The van der Waals surface area contributed by atoms with Gasteiger partial charge in [-0.15, -0.1) is 0 Å². The van der Waals surface area contributed by atoms with Gasteiger partial charge < -0.3 is 14.6 Å². The molecule has 1 saturated heterocycles. The predicted molar refractivity (Wildman–Crippen MR) is 137 cm³/mol. The summed E-state index contributed by atoms with van der Waals surface area (Å²) in [6.45, 7) is 5.44. The van der Waals surface area contributed by atoms with Crippen molar-refractivity contribution >= 4 is 5.69 Å². The van der Waals surface area contributed by atoms with Crippen molar-refractivity contribution in [3.63, 3.8) is 0 Å². The molecule has 1 aliphatic heterocycles. The van der Waals surface area contributed by atoms with Crippen LogP contribution < -0.4 is 10.5 Å². The first-order valence-corrected chi connectivity index (χ1v) is 11.9. The number of benzene rings is 1. The molecule has 4 aromatic rings. The molecule has 7 heteroatoms. The third kappa shape index (κ3) is 4.81. The van der Waals surface area contributed by atoms with Gasteiger partial charge in [-0.2, -0.15) is 0 Å². The van der Waals surface area contributed by atoms with Crippen molar-refractivity contribution in [2.24, 2.45) is 0 Å². The van der Waals surface area contributed by atoms with Gasteiger partial charge in [0, 0.05) is 62.3 Å². The second kappa shape index (κ2) is 10.1. The van der Waals surface area contributed by atoms with Crippen molar-refractivity contribution in [2.45, 2.75) is 19.5 Å². The molecule has 0 aliphatic carbocycles. The SMILES string of the molecule is Cc1cc(O)c(C(c2ccncc2)N2CCN(c3ccccc3)CC2)c(=O)n1Cc1cccnc1. The van der Waals surface area contributed by atoms with Crippen molar-refractivity contribution in [3.8, 4) is 5.75 Å². The molecule has 1 unspecified atom stereocenters.